The van der Waals surface area contributed by atoms with E-state index < -0.39 is 5.66 Å². The summed E-state index contributed by atoms with van der Waals surface area (Å²) < 4.78 is 5.53. The molecule has 2 unspecified atom stereocenters. The van der Waals surface area contributed by atoms with Crippen molar-refractivity contribution < 1.29 is 4.74 Å². The van der Waals surface area contributed by atoms with E-state index in [-0.39, 0.29) is 0 Å². The zero-order valence-corrected chi connectivity index (χ0v) is 16.9. The summed E-state index contributed by atoms with van der Waals surface area (Å²) in [6.45, 7) is 1.58. The second kappa shape index (κ2) is 7.09. The molecule has 0 aromatic carbocycles. The van der Waals surface area contributed by atoms with Gasteiger partial charge in [0.05, 0.1) is 35.9 Å². The van der Waals surface area contributed by atoms with E-state index in [9.17, 15) is 0 Å². The van der Waals surface area contributed by atoms with E-state index in [2.05, 4.69) is 38.5 Å². The van der Waals surface area contributed by atoms with Crippen molar-refractivity contribution >= 4 is 28.8 Å². The van der Waals surface area contributed by atoms with Gasteiger partial charge in [0, 0.05) is 19.6 Å². The summed E-state index contributed by atoms with van der Waals surface area (Å²) in [5.41, 5.74) is 8.72. The van der Waals surface area contributed by atoms with E-state index in [1.807, 2.05) is 18.3 Å². The highest BCUT2D eigenvalue weighted by Gasteiger charge is 2.34. The smallest absolute Gasteiger partial charge is 0.161 e. The maximum atomic E-state index is 6.70. The van der Waals surface area contributed by atoms with Gasteiger partial charge in [0.25, 0.3) is 0 Å². The largest absolute Gasteiger partial charge is 0.379 e. The molecule has 148 valence electrons. The van der Waals surface area contributed by atoms with Crippen LogP contribution >= 0.6 is 11.3 Å². The molecule has 1 aliphatic carbocycles. The fourth-order valence-corrected chi connectivity index (χ4v) is 5.32. The maximum Gasteiger partial charge on any atom is 0.161 e. The van der Waals surface area contributed by atoms with Crippen molar-refractivity contribution in [1.82, 2.24) is 15.2 Å². The summed E-state index contributed by atoms with van der Waals surface area (Å²) >= 11 is 1.63. The van der Waals surface area contributed by atoms with Crippen LogP contribution in [0.15, 0.2) is 18.3 Å². The van der Waals surface area contributed by atoms with Gasteiger partial charge in [-0.15, -0.1) is 10.2 Å². The molecular formula is C20H26N6OS. The second-order valence-corrected chi connectivity index (χ2v) is 9.02. The lowest BCUT2D eigenvalue weighted by molar-refractivity contribution is 0.193. The first-order valence-corrected chi connectivity index (χ1v) is 10.8. The number of rotatable bonds is 4. The molecule has 1 saturated carbocycles. The number of ether oxygens (including phenoxy) is 1. The monoisotopic (exact) mass is 398 g/mol. The normalized spacial score (nSPS) is 27.0. The average Bonchev–Trinajstić information content (AvgIpc) is 3.48. The second-order valence-electron chi connectivity index (χ2n) is 8.01. The van der Waals surface area contributed by atoms with Crippen LogP contribution in [0.5, 0.6) is 0 Å². The van der Waals surface area contributed by atoms with Crippen LogP contribution in [-0.2, 0) is 10.4 Å². The van der Waals surface area contributed by atoms with E-state index in [0.717, 1.165) is 46.7 Å². The van der Waals surface area contributed by atoms with Crippen LogP contribution in [0.25, 0.3) is 6.08 Å². The van der Waals surface area contributed by atoms with E-state index in [4.69, 9.17) is 10.5 Å². The number of hydrogen-bond donors (Lipinski definition) is 2. The molecule has 0 spiro atoms. The zero-order valence-electron chi connectivity index (χ0n) is 16.1. The minimum Gasteiger partial charge on any atom is -0.379 e. The number of anilines is 2. The molecule has 2 aromatic rings. The molecule has 1 saturated heterocycles. The van der Waals surface area contributed by atoms with Crippen LogP contribution < -0.4 is 16.0 Å². The average molecular weight is 399 g/mol. The number of fused-ring (bicyclic) bond motifs is 1. The molecule has 3 aliphatic rings. The van der Waals surface area contributed by atoms with Gasteiger partial charge < -0.3 is 15.0 Å². The van der Waals surface area contributed by atoms with Crippen LogP contribution in [0.2, 0.25) is 0 Å². The van der Waals surface area contributed by atoms with Crippen molar-refractivity contribution in [2.24, 2.45) is 5.73 Å². The molecule has 3 N–H and O–H groups in total. The molecule has 28 heavy (non-hydrogen) atoms. The molecule has 2 atom stereocenters. The first kappa shape index (κ1) is 18.0. The zero-order chi connectivity index (χ0) is 19.1. The number of pyridine rings is 1. The van der Waals surface area contributed by atoms with Gasteiger partial charge in [-0.3, -0.25) is 10.7 Å². The fourth-order valence-electron chi connectivity index (χ4n) is 4.27. The Morgan fingerprint density at radius 1 is 1.29 bits per heavy atom. The predicted molar refractivity (Wildman–Crippen MR) is 112 cm³/mol. The van der Waals surface area contributed by atoms with Crippen LogP contribution in [-0.4, -0.2) is 41.5 Å². The van der Waals surface area contributed by atoms with Crippen molar-refractivity contribution in [3.8, 4) is 0 Å². The minimum absolute atomic E-state index is 0.388. The molecule has 5 rings (SSSR count). The highest BCUT2D eigenvalue weighted by molar-refractivity contribution is 7.11. The lowest BCUT2D eigenvalue weighted by atomic mass is 10.0. The van der Waals surface area contributed by atoms with Crippen molar-refractivity contribution in [2.45, 2.75) is 49.7 Å². The van der Waals surface area contributed by atoms with Gasteiger partial charge in [-0.05, 0) is 37.5 Å². The van der Waals surface area contributed by atoms with Gasteiger partial charge in [0.1, 0.15) is 5.01 Å². The molecule has 0 bridgehead atoms. The Morgan fingerprint density at radius 3 is 2.93 bits per heavy atom. The van der Waals surface area contributed by atoms with Gasteiger partial charge in [0.2, 0.25) is 0 Å². The lowest BCUT2D eigenvalue weighted by Gasteiger charge is -2.31. The molecule has 7 nitrogen and oxygen atoms in total. The Balaban J connectivity index is 1.39. The Bertz CT molecular complexity index is 887. The van der Waals surface area contributed by atoms with E-state index in [1.54, 1.807) is 11.3 Å². The van der Waals surface area contributed by atoms with E-state index in [0.29, 0.717) is 12.0 Å². The third-order valence-electron chi connectivity index (χ3n) is 6.11. The van der Waals surface area contributed by atoms with Gasteiger partial charge in [-0.2, -0.15) is 0 Å². The number of aromatic nitrogens is 3. The van der Waals surface area contributed by atoms with E-state index in [1.165, 1.54) is 25.7 Å². The molecule has 2 aliphatic heterocycles. The summed E-state index contributed by atoms with van der Waals surface area (Å²) in [6, 6.07) is 2.50. The fraction of sp³-hybridized carbons (Fsp3) is 0.550. The number of nitrogens with zero attached hydrogens (tertiary/aromatic N) is 4. The Morgan fingerprint density at radius 2 is 2.14 bits per heavy atom. The molecule has 8 heteroatoms. The number of nitrogens with one attached hydrogen (secondary N) is 1. The molecular weight excluding hydrogens is 372 g/mol. The summed E-state index contributed by atoms with van der Waals surface area (Å²) in [6.07, 6.45) is 11.9. The van der Waals surface area contributed by atoms with Crippen molar-refractivity contribution in [3.63, 3.8) is 0 Å². The van der Waals surface area contributed by atoms with Gasteiger partial charge in [-0.1, -0.05) is 24.2 Å². The Labute approximate surface area is 169 Å². The molecule has 2 fully saturated rings. The van der Waals surface area contributed by atoms with Gasteiger partial charge >= 0.3 is 0 Å². The summed E-state index contributed by atoms with van der Waals surface area (Å²) in [5.74, 6) is 0.547. The standard InChI is InChI=1S/C20H26N6OS/c1-26(14-7-9-27-12-14)15-10-17-16(22-11-15)6-8-20(21,23-17)19-25-24-18(28-19)13-4-2-3-5-13/h6,8,10-11,13-14,23H,2-5,7,9,12,21H2,1H3. The Kier molecular flexibility index (Phi) is 4.57. The Hall–Kier alpha value is -2.03. The van der Waals surface area contributed by atoms with Crippen LogP contribution in [0.4, 0.5) is 11.4 Å². The maximum absolute atomic E-state index is 6.70. The third kappa shape index (κ3) is 3.19. The highest BCUT2D eigenvalue weighted by Crippen LogP contribution is 2.39. The number of likely N-dealkylation sites (N-methyl/N-ethyl adjacent to an activating group) is 1. The van der Waals surface area contributed by atoms with Crippen LogP contribution in [0.3, 0.4) is 0 Å². The van der Waals surface area contributed by atoms with Crippen molar-refractivity contribution in [1.29, 1.82) is 0 Å². The lowest BCUT2D eigenvalue weighted by Crippen LogP contribution is -2.44. The highest BCUT2D eigenvalue weighted by atomic mass is 32.1. The number of nitrogens with two attached hydrogens (primary N) is 1. The SMILES string of the molecule is CN(c1cnc2c(c1)NC(N)(c1nnc(C3CCCC3)s1)C=C2)C1CCOC1. The topological polar surface area (TPSA) is 89.2 Å². The summed E-state index contributed by atoms with van der Waals surface area (Å²) in [4.78, 5) is 6.86. The van der Waals surface area contributed by atoms with Crippen LogP contribution in [0, 0.1) is 0 Å². The van der Waals surface area contributed by atoms with Crippen molar-refractivity contribution in [2.75, 3.05) is 30.5 Å². The van der Waals surface area contributed by atoms with E-state index >= 15 is 0 Å². The third-order valence-corrected chi connectivity index (χ3v) is 7.35. The number of hydrogen-bond acceptors (Lipinski definition) is 8. The minimum atomic E-state index is -0.850. The quantitative estimate of drug-likeness (QED) is 0.818. The first-order chi connectivity index (χ1) is 13.6. The van der Waals surface area contributed by atoms with Gasteiger partial charge in [0.15, 0.2) is 10.7 Å². The first-order valence-electron chi connectivity index (χ1n) is 10.0. The summed E-state index contributed by atoms with van der Waals surface area (Å²) in [5, 5.41) is 14.3. The summed E-state index contributed by atoms with van der Waals surface area (Å²) in [7, 11) is 2.09. The van der Waals surface area contributed by atoms with Gasteiger partial charge in [-0.25, -0.2) is 0 Å². The molecule has 2 aromatic heterocycles. The molecule has 0 radical (unpaired) electrons. The van der Waals surface area contributed by atoms with Crippen molar-refractivity contribution in [3.05, 3.63) is 34.0 Å². The van der Waals surface area contributed by atoms with Crippen LogP contribution in [0.1, 0.15) is 53.7 Å². The predicted octanol–water partition coefficient (Wildman–Crippen LogP) is 3.07. The molecule has 4 heterocycles. The molecule has 0 amide bonds.